The third kappa shape index (κ3) is 2.35. The monoisotopic (exact) mass is 204 g/mol. The van der Waals surface area contributed by atoms with Crippen molar-refractivity contribution >= 4 is 0 Å². The highest BCUT2D eigenvalue weighted by Gasteiger charge is 2.27. The van der Waals surface area contributed by atoms with Crippen LogP contribution in [0.1, 0.15) is 25.8 Å². The first kappa shape index (κ1) is 10.1. The van der Waals surface area contributed by atoms with Crippen LogP contribution in [0, 0.1) is 5.92 Å². The van der Waals surface area contributed by atoms with Crippen LogP contribution in [0.5, 0.6) is 6.01 Å². The van der Waals surface area contributed by atoms with Crippen LogP contribution in [0.25, 0.3) is 0 Å². The Morgan fingerprint density at radius 1 is 1.27 bits per heavy atom. The number of ether oxygens (including phenoxy) is 1. The molecule has 1 aromatic rings. The lowest BCUT2D eigenvalue weighted by Gasteiger charge is -2.24. The molecule has 1 aliphatic rings. The normalized spacial score (nSPS) is 15.4. The van der Waals surface area contributed by atoms with Gasteiger partial charge in [-0.15, -0.1) is 0 Å². The molecule has 0 fully saturated rings. The van der Waals surface area contributed by atoms with Gasteiger partial charge in [0.05, 0.1) is 7.11 Å². The average molecular weight is 204 g/mol. The molecule has 3 heteroatoms. The standard InChI is InChI=1S/C12H16N2O/c1-12(2,6-9-4-5-9)10-7-13-11(15-3)14-8-10/h4-5,7-9H,6H2,1-3H3. The molecule has 0 saturated heterocycles. The second kappa shape index (κ2) is 3.65. The minimum Gasteiger partial charge on any atom is -0.467 e. The molecule has 0 atom stereocenters. The van der Waals surface area contributed by atoms with E-state index in [9.17, 15) is 0 Å². The number of methoxy groups -OCH3 is 1. The number of hydrogen-bond acceptors (Lipinski definition) is 3. The first-order valence-corrected chi connectivity index (χ1v) is 5.17. The molecule has 1 heterocycles. The van der Waals surface area contributed by atoms with E-state index in [4.69, 9.17) is 4.74 Å². The van der Waals surface area contributed by atoms with Gasteiger partial charge in [0.1, 0.15) is 0 Å². The molecule has 0 saturated carbocycles. The topological polar surface area (TPSA) is 35.0 Å². The summed E-state index contributed by atoms with van der Waals surface area (Å²) < 4.78 is 4.94. The first-order chi connectivity index (χ1) is 7.12. The number of hydrogen-bond donors (Lipinski definition) is 0. The van der Waals surface area contributed by atoms with E-state index in [0.717, 1.165) is 12.0 Å². The molecule has 0 spiro atoms. The van der Waals surface area contributed by atoms with Crippen molar-refractivity contribution in [2.24, 2.45) is 5.92 Å². The molecular weight excluding hydrogens is 188 g/mol. The second-order valence-corrected chi connectivity index (χ2v) is 4.60. The number of allylic oxidation sites excluding steroid dienone is 2. The van der Waals surface area contributed by atoms with Gasteiger partial charge in [0.25, 0.3) is 0 Å². The lowest BCUT2D eigenvalue weighted by atomic mass is 9.81. The predicted molar refractivity (Wildman–Crippen MR) is 58.9 cm³/mol. The maximum Gasteiger partial charge on any atom is 0.316 e. The zero-order valence-electron chi connectivity index (χ0n) is 9.40. The van der Waals surface area contributed by atoms with E-state index in [0.29, 0.717) is 11.9 Å². The SMILES string of the molecule is COc1ncc(C(C)(C)CC2C=C2)cn1. The Labute approximate surface area is 90.2 Å². The third-order valence-corrected chi connectivity index (χ3v) is 2.80. The fourth-order valence-electron chi connectivity index (χ4n) is 1.69. The lowest BCUT2D eigenvalue weighted by Crippen LogP contribution is -2.19. The summed E-state index contributed by atoms with van der Waals surface area (Å²) in [5.41, 5.74) is 1.29. The Morgan fingerprint density at radius 2 is 1.87 bits per heavy atom. The summed E-state index contributed by atoms with van der Waals surface area (Å²) in [4.78, 5) is 8.27. The summed E-state index contributed by atoms with van der Waals surface area (Å²) in [7, 11) is 1.58. The Hall–Kier alpha value is -1.38. The van der Waals surface area contributed by atoms with Crippen LogP contribution >= 0.6 is 0 Å². The molecular formula is C12H16N2O. The van der Waals surface area contributed by atoms with E-state index in [2.05, 4.69) is 36.0 Å². The fraction of sp³-hybridized carbons (Fsp3) is 0.500. The van der Waals surface area contributed by atoms with Gasteiger partial charge in [0.2, 0.25) is 0 Å². The minimum atomic E-state index is 0.125. The highest BCUT2D eigenvalue weighted by molar-refractivity contribution is 5.23. The maximum atomic E-state index is 4.94. The van der Waals surface area contributed by atoms with E-state index < -0.39 is 0 Å². The largest absolute Gasteiger partial charge is 0.467 e. The Bertz CT molecular complexity index is 362. The van der Waals surface area contributed by atoms with Gasteiger partial charge >= 0.3 is 6.01 Å². The summed E-state index contributed by atoms with van der Waals surface area (Å²) in [5, 5.41) is 0. The van der Waals surface area contributed by atoms with Crippen LogP contribution in [0.4, 0.5) is 0 Å². The predicted octanol–water partition coefficient (Wildman–Crippen LogP) is 2.34. The van der Waals surface area contributed by atoms with Gasteiger partial charge in [-0.1, -0.05) is 26.0 Å². The summed E-state index contributed by atoms with van der Waals surface area (Å²) in [5.74, 6) is 0.669. The highest BCUT2D eigenvalue weighted by atomic mass is 16.5. The van der Waals surface area contributed by atoms with Gasteiger partial charge in [-0.2, -0.15) is 0 Å². The lowest BCUT2D eigenvalue weighted by molar-refractivity contribution is 0.376. The molecule has 0 bridgehead atoms. The molecule has 15 heavy (non-hydrogen) atoms. The average Bonchev–Trinajstić information content (AvgIpc) is 3.01. The molecule has 0 radical (unpaired) electrons. The van der Waals surface area contributed by atoms with Crippen LogP contribution in [0.2, 0.25) is 0 Å². The second-order valence-electron chi connectivity index (χ2n) is 4.60. The summed E-state index contributed by atoms with van der Waals surface area (Å²) in [6.07, 6.45) is 9.30. The van der Waals surface area contributed by atoms with Crippen molar-refractivity contribution in [3.63, 3.8) is 0 Å². The highest BCUT2D eigenvalue weighted by Crippen LogP contribution is 2.35. The fourth-order valence-corrected chi connectivity index (χ4v) is 1.69. The van der Waals surface area contributed by atoms with Crippen molar-refractivity contribution in [1.82, 2.24) is 9.97 Å². The van der Waals surface area contributed by atoms with Crippen molar-refractivity contribution in [2.45, 2.75) is 25.7 Å². The maximum absolute atomic E-state index is 4.94. The van der Waals surface area contributed by atoms with E-state index >= 15 is 0 Å². The van der Waals surface area contributed by atoms with Gasteiger partial charge in [-0.05, 0) is 23.3 Å². The van der Waals surface area contributed by atoms with Gasteiger partial charge < -0.3 is 4.74 Å². The van der Waals surface area contributed by atoms with Crippen LogP contribution in [0.3, 0.4) is 0 Å². The quantitative estimate of drug-likeness (QED) is 0.706. The Morgan fingerprint density at radius 3 is 2.33 bits per heavy atom. The van der Waals surface area contributed by atoms with Gasteiger partial charge in [0.15, 0.2) is 0 Å². The minimum absolute atomic E-state index is 0.125. The first-order valence-electron chi connectivity index (χ1n) is 5.17. The van der Waals surface area contributed by atoms with E-state index in [1.54, 1.807) is 7.11 Å². The van der Waals surface area contributed by atoms with Crippen LogP contribution < -0.4 is 4.74 Å². The molecule has 2 rings (SSSR count). The van der Waals surface area contributed by atoms with Crippen molar-refractivity contribution in [3.8, 4) is 6.01 Å². The van der Waals surface area contributed by atoms with E-state index in [1.807, 2.05) is 12.4 Å². The summed E-state index contributed by atoms with van der Waals surface area (Å²) >= 11 is 0. The van der Waals surface area contributed by atoms with Gasteiger partial charge in [-0.3, -0.25) is 0 Å². The molecule has 0 amide bonds. The van der Waals surface area contributed by atoms with E-state index in [1.165, 1.54) is 0 Å². The molecule has 1 aliphatic carbocycles. The summed E-state index contributed by atoms with van der Waals surface area (Å²) in [6.45, 7) is 4.44. The van der Waals surface area contributed by atoms with Crippen LogP contribution in [-0.4, -0.2) is 17.1 Å². The zero-order chi connectivity index (χ0) is 10.9. The van der Waals surface area contributed by atoms with E-state index in [-0.39, 0.29) is 5.41 Å². The van der Waals surface area contributed by atoms with Crippen molar-refractivity contribution < 1.29 is 4.74 Å². The summed E-state index contributed by atoms with van der Waals surface area (Å²) in [6, 6.07) is 0.430. The van der Waals surface area contributed by atoms with Crippen molar-refractivity contribution in [3.05, 3.63) is 30.1 Å². The molecule has 80 valence electrons. The Kier molecular flexibility index (Phi) is 2.47. The van der Waals surface area contributed by atoms with Gasteiger partial charge in [-0.25, -0.2) is 9.97 Å². The Balaban J connectivity index is 2.12. The molecule has 0 unspecified atom stereocenters. The number of nitrogens with zero attached hydrogens (tertiary/aromatic N) is 2. The number of rotatable bonds is 4. The zero-order valence-corrected chi connectivity index (χ0v) is 9.40. The van der Waals surface area contributed by atoms with Crippen molar-refractivity contribution in [1.29, 1.82) is 0 Å². The third-order valence-electron chi connectivity index (χ3n) is 2.80. The molecule has 0 aromatic carbocycles. The van der Waals surface area contributed by atoms with Crippen LogP contribution in [0.15, 0.2) is 24.5 Å². The molecule has 3 nitrogen and oxygen atoms in total. The van der Waals surface area contributed by atoms with Crippen molar-refractivity contribution in [2.75, 3.05) is 7.11 Å². The molecule has 0 aliphatic heterocycles. The molecule has 1 aromatic heterocycles. The van der Waals surface area contributed by atoms with Crippen LogP contribution in [-0.2, 0) is 5.41 Å². The van der Waals surface area contributed by atoms with Gasteiger partial charge in [0, 0.05) is 12.4 Å². The number of aromatic nitrogens is 2. The smallest absolute Gasteiger partial charge is 0.316 e. The molecule has 0 N–H and O–H groups in total.